The molecular weight excluding hydrogens is 755 g/mol. The zero-order valence-corrected chi connectivity index (χ0v) is 33.1. The maximum atomic E-state index is 13.5. The number of fused-ring (bicyclic) bond motifs is 1. The van der Waals surface area contributed by atoms with Gasteiger partial charge in [0.15, 0.2) is 6.61 Å². The molecule has 0 aromatic heterocycles. The number of ether oxygens (including phenoxy) is 3. The van der Waals surface area contributed by atoms with E-state index < -0.39 is 24.3 Å². The third kappa shape index (κ3) is 12.4. The Hall–Kier alpha value is -6.74. The molecule has 2 aliphatic rings. The van der Waals surface area contributed by atoms with Gasteiger partial charge in [0.25, 0.3) is 11.8 Å². The second kappa shape index (κ2) is 20.6. The number of urea groups is 1. The van der Waals surface area contributed by atoms with Gasteiger partial charge >= 0.3 is 18.1 Å². The molecule has 2 aliphatic heterocycles. The van der Waals surface area contributed by atoms with E-state index in [1.165, 1.54) is 11.8 Å². The highest BCUT2D eigenvalue weighted by Gasteiger charge is 2.31. The lowest BCUT2D eigenvalue weighted by Crippen LogP contribution is -2.47. The van der Waals surface area contributed by atoms with Crippen LogP contribution in [0.2, 0.25) is 0 Å². The average Bonchev–Trinajstić information content (AvgIpc) is 3.34. The van der Waals surface area contributed by atoms with Crippen LogP contribution in [-0.2, 0) is 37.0 Å². The van der Waals surface area contributed by atoms with Crippen LogP contribution in [0.1, 0.15) is 48.4 Å². The number of benzodiazepines with no additional fused rings is 1. The molecule has 5 amide bonds. The summed E-state index contributed by atoms with van der Waals surface area (Å²) in [7, 11) is 1.66. The van der Waals surface area contributed by atoms with E-state index in [4.69, 9.17) is 14.5 Å². The Kier molecular flexibility index (Phi) is 14.6. The van der Waals surface area contributed by atoms with Crippen molar-refractivity contribution in [3.8, 4) is 5.75 Å². The van der Waals surface area contributed by atoms with Gasteiger partial charge < -0.3 is 40.4 Å². The topological polar surface area (TPSA) is 180 Å². The van der Waals surface area contributed by atoms with Gasteiger partial charge in [-0.15, -0.1) is 0 Å². The quantitative estimate of drug-likeness (QED) is 0.0952. The van der Waals surface area contributed by atoms with Crippen molar-refractivity contribution in [2.45, 2.75) is 51.5 Å². The van der Waals surface area contributed by atoms with E-state index in [2.05, 4.69) is 30.9 Å². The first-order chi connectivity index (χ1) is 28.6. The smallest absolute Gasteiger partial charge is 0.407 e. The Morgan fingerprint density at radius 3 is 2.37 bits per heavy atom. The Labute approximate surface area is 343 Å². The number of esters is 1. The van der Waals surface area contributed by atoms with Gasteiger partial charge in [-0.2, -0.15) is 0 Å². The van der Waals surface area contributed by atoms with E-state index in [1.807, 2.05) is 78.9 Å². The Balaban J connectivity index is 0.916. The number of carbonyl (C=O) groups is 5. The number of nitrogens with zero attached hydrogens (tertiary/aromatic N) is 3. The summed E-state index contributed by atoms with van der Waals surface area (Å²) in [6.45, 7) is 4.14. The van der Waals surface area contributed by atoms with Crippen LogP contribution in [0.15, 0.2) is 108 Å². The van der Waals surface area contributed by atoms with Gasteiger partial charge in [-0.25, -0.2) is 14.6 Å². The molecule has 0 bridgehead atoms. The Morgan fingerprint density at radius 2 is 1.58 bits per heavy atom. The van der Waals surface area contributed by atoms with Crippen LogP contribution in [0.3, 0.4) is 0 Å². The number of alkyl carbamates (subject to hydrolysis) is 1. The van der Waals surface area contributed by atoms with E-state index in [0.717, 1.165) is 54.9 Å². The second-order valence-corrected chi connectivity index (χ2v) is 14.2. The van der Waals surface area contributed by atoms with Crippen LogP contribution in [-0.4, -0.2) is 92.6 Å². The summed E-state index contributed by atoms with van der Waals surface area (Å²) >= 11 is 0. The number of benzene rings is 4. The third-order valence-electron chi connectivity index (χ3n) is 9.75. The number of nitrogens with one attached hydrogen (secondary N) is 4. The molecule has 4 aromatic rings. The van der Waals surface area contributed by atoms with Gasteiger partial charge in [0.05, 0.1) is 18.0 Å². The lowest BCUT2D eigenvalue weighted by molar-refractivity contribution is -0.146. The van der Waals surface area contributed by atoms with Crippen molar-refractivity contribution in [2.24, 2.45) is 4.99 Å². The summed E-state index contributed by atoms with van der Waals surface area (Å²) < 4.78 is 16.1. The lowest BCUT2D eigenvalue weighted by Gasteiger charge is -2.32. The molecular formula is C44H49N7O8. The summed E-state index contributed by atoms with van der Waals surface area (Å²) in [5, 5.41) is 11.2. The van der Waals surface area contributed by atoms with Crippen LogP contribution < -0.4 is 30.9 Å². The predicted octanol–water partition coefficient (Wildman–Crippen LogP) is 4.99. The molecule has 4 N–H and O–H groups in total. The molecule has 0 saturated carbocycles. The largest absolute Gasteiger partial charge is 0.494 e. The highest BCUT2D eigenvalue weighted by Crippen LogP contribution is 2.27. The highest BCUT2D eigenvalue weighted by molar-refractivity contribution is 6.20. The van der Waals surface area contributed by atoms with Gasteiger partial charge in [-0.05, 0) is 60.7 Å². The number of likely N-dealkylation sites (tertiary alicyclic amines) is 1. The molecule has 1 fully saturated rings. The number of hydrogen-bond acceptors (Lipinski definition) is 10. The molecule has 6 rings (SSSR count). The minimum Gasteiger partial charge on any atom is -0.494 e. The van der Waals surface area contributed by atoms with Crippen molar-refractivity contribution in [1.82, 2.24) is 20.9 Å². The van der Waals surface area contributed by atoms with Crippen molar-refractivity contribution in [3.05, 3.63) is 125 Å². The second-order valence-electron chi connectivity index (χ2n) is 14.2. The van der Waals surface area contributed by atoms with Crippen molar-refractivity contribution >= 4 is 47.0 Å². The number of amides is 5. The minimum absolute atomic E-state index is 0.000157. The van der Waals surface area contributed by atoms with E-state index in [0.29, 0.717) is 42.2 Å². The molecule has 15 nitrogen and oxygen atoms in total. The van der Waals surface area contributed by atoms with Crippen LogP contribution >= 0.6 is 0 Å². The number of hydrogen-bond donors (Lipinski definition) is 4. The molecule has 0 aliphatic carbocycles. The number of rotatable bonds is 15. The van der Waals surface area contributed by atoms with Crippen LogP contribution in [0.5, 0.6) is 5.75 Å². The average molecular weight is 804 g/mol. The maximum Gasteiger partial charge on any atom is 0.407 e. The van der Waals surface area contributed by atoms with E-state index in [9.17, 15) is 24.0 Å². The van der Waals surface area contributed by atoms with E-state index in [-0.39, 0.29) is 31.1 Å². The fraction of sp³-hybridized carbons (Fsp3) is 0.318. The summed E-state index contributed by atoms with van der Waals surface area (Å²) in [5.74, 6) is -0.487. The molecule has 15 heteroatoms. The lowest BCUT2D eigenvalue weighted by atomic mass is 10.0. The molecule has 0 spiro atoms. The molecule has 0 unspecified atom stereocenters. The number of carbonyl (C=O) groups excluding carboxylic acids is 5. The summed E-state index contributed by atoms with van der Waals surface area (Å²) in [6.07, 6.45) is 0.449. The normalized spacial score (nSPS) is 15.5. The number of aliphatic imine (C=N–C) groups is 1. The molecule has 0 radical (unpaired) electrons. The monoisotopic (exact) mass is 803 g/mol. The van der Waals surface area contributed by atoms with Gasteiger partial charge in [-0.1, -0.05) is 72.8 Å². The first kappa shape index (κ1) is 41.9. The van der Waals surface area contributed by atoms with E-state index >= 15 is 0 Å². The fourth-order valence-corrected chi connectivity index (χ4v) is 6.77. The fourth-order valence-electron chi connectivity index (χ4n) is 6.77. The van der Waals surface area contributed by atoms with Crippen LogP contribution in [0.25, 0.3) is 0 Å². The zero-order valence-electron chi connectivity index (χ0n) is 33.1. The molecule has 1 saturated heterocycles. The molecule has 4 aromatic carbocycles. The van der Waals surface area contributed by atoms with Gasteiger partial charge in [0.2, 0.25) is 6.17 Å². The van der Waals surface area contributed by atoms with Crippen molar-refractivity contribution in [3.63, 3.8) is 0 Å². The number of piperidine rings is 1. The summed E-state index contributed by atoms with van der Waals surface area (Å²) in [5.41, 5.74) is 5.12. The first-order valence-corrected chi connectivity index (χ1v) is 19.6. The van der Waals surface area contributed by atoms with Crippen molar-refractivity contribution in [1.29, 1.82) is 0 Å². The molecule has 308 valence electrons. The first-order valence-electron chi connectivity index (χ1n) is 19.6. The van der Waals surface area contributed by atoms with Gasteiger partial charge in [-0.3, -0.25) is 19.3 Å². The van der Waals surface area contributed by atoms with Gasteiger partial charge in [0, 0.05) is 63.0 Å². The maximum absolute atomic E-state index is 13.5. The highest BCUT2D eigenvalue weighted by atomic mass is 16.5. The number of likely N-dealkylation sites (N-methyl/N-ethyl adjacent to an activating group) is 1. The Morgan fingerprint density at radius 1 is 0.831 bits per heavy atom. The van der Waals surface area contributed by atoms with Crippen molar-refractivity contribution < 1.29 is 38.2 Å². The molecule has 1 atom stereocenters. The third-order valence-corrected chi connectivity index (χ3v) is 9.75. The van der Waals surface area contributed by atoms with Gasteiger partial charge in [0.1, 0.15) is 12.4 Å². The standard InChI is InChI=1S/C44H49N7O8/c1-30(52)58-29-39(53)45-21-10-24-57-36-16-9-11-31(26-36)27-51-22-19-34(20-23-51)47-44(56)59-28-32-12-8-15-35(25-32)46-43(55)49-41-42(54)50(2)38-18-7-6-17-37(38)40(48-41)33-13-4-3-5-14-33/h3-9,11-18,25-26,34,41H,10,19-24,27-29H2,1-2H3,(H,45,53)(H,47,56)(H2,46,49,55)/t41-/m0/s1. The zero-order chi connectivity index (χ0) is 41.6. The SMILES string of the molecule is CC(=O)OCC(=O)NCCCOc1cccc(CN2CCC(NC(=O)OCc3cccc(NC(=O)N[C@@H]4N=C(c5ccccc5)c5ccccc5N(C)C4=O)c3)CC2)c1. The minimum atomic E-state index is -1.18. The summed E-state index contributed by atoms with van der Waals surface area (Å²) in [4.78, 5) is 70.5. The Bertz CT molecular complexity index is 2140. The number of anilines is 2. The van der Waals surface area contributed by atoms with E-state index in [1.54, 1.807) is 31.3 Å². The van der Waals surface area contributed by atoms with Crippen LogP contribution in [0, 0.1) is 0 Å². The molecule has 2 heterocycles. The van der Waals surface area contributed by atoms with Crippen molar-refractivity contribution in [2.75, 3.05) is 50.1 Å². The number of para-hydroxylation sites is 1. The van der Waals surface area contributed by atoms with Crippen LogP contribution in [0.4, 0.5) is 21.0 Å². The molecule has 59 heavy (non-hydrogen) atoms. The summed E-state index contributed by atoms with van der Waals surface area (Å²) in [6, 6.07) is 31.2. The predicted molar refractivity (Wildman–Crippen MR) is 222 cm³/mol.